The summed E-state index contributed by atoms with van der Waals surface area (Å²) in [5.41, 5.74) is 0.221. The van der Waals surface area contributed by atoms with Gasteiger partial charge in [-0.05, 0) is 26.0 Å². The second-order valence-corrected chi connectivity index (χ2v) is 4.60. The molecule has 0 bridgehead atoms. The van der Waals surface area contributed by atoms with Crippen LogP contribution in [0.5, 0.6) is 0 Å². The highest BCUT2D eigenvalue weighted by atomic mass is 35.5. The van der Waals surface area contributed by atoms with Crippen LogP contribution in [0.25, 0.3) is 0 Å². The van der Waals surface area contributed by atoms with Gasteiger partial charge < -0.3 is 0 Å². The molecule has 0 unspecified atom stereocenters. The van der Waals surface area contributed by atoms with Gasteiger partial charge in [0, 0.05) is 6.04 Å². The lowest BCUT2D eigenvalue weighted by Crippen LogP contribution is -2.14. The molecule has 0 aliphatic carbocycles. The van der Waals surface area contributed by atoms with E-state index < -0.39 is 11.6 Å². The van der Waals surface area contributed by atoms with Crippen LogP contribution >= 0.6 is 11.6 Å². The number of nitrogens with zero attached hydrogens (tertiary/aromatic N) is 2. The summed E-state index contributed by atoms with van der Waals surface area (Å²) in [6.07, 6.45) is 1.40. The van der Waals surface area contributed by atoms with Crippen LogP contribution < -0.4 is 0 Å². The largest absolute Gasteiger partial charge is 0.287 e. The van der Waals surface area contributed by atoms with E-state index in [1.807, 2.05) is 13.8 Å². The van der Waals surface area contributed by atoms with Crippen LogP contribution in [0, 0.1) is 5.82 Å². The van der Waals surface area contributed by atoms with Gasteiger partial charge in [0.15, 0.2) is 0 Å². The Morgan fingerprint density at radius 2 is 2.06 bits per heavy atom. The highest BCUT2D eigenvalue weighted by molar-refractivity contribution is 6.34. The maximum absolute atomic E-state index is 13.6. The molecule has 0 fully saturated rings. The predicted molar refractivity (Wildman–Crippen MR) is 67.5 cm³/mol. The number of carbonyl (C=O) groups is 1. The number of benzene rings is 1. The third-order valence-corrected chi connectivity index (χ3v) is 2.85. The standard InChI is InChI=1S/C13H12ClFN2O/c1-8(2)17-12(10(14)7-16-17)13(18)9-5-3-4-6-11(9)15/h3-8H,1-2H3. The first-order valence-electron chi connectivity index (χ1n) is 5.54. The van der Waals surface area contributed by atoms with Gasteiger partial charge in [-0.3, -0.25) is 9.48 Å². The van der Waals surface area contributed by atoms with Crippen molar-refractivity contribution in [1.29, 1.82) is 0 Å². The van der Waals surface area contributed by atoms with Gasteiger partial charge in [0.25, 0.3) is 0 Å². The summed E-state index contributed by atoms with van der Waals surface area (Å²) in [5, 5.41) is 4.27. The summed E-state index contributed by atoms with van der Waals surface area (Å²) in [7, 11) is 0. The average Bonchev–Trinajstić information content (AvgIpc) is 2.71. The number of halogens is 2. The molecule has 0 amide bonds. The minimum absolute atomic E-state index is 0.00167. The van der Waals surface area contributed by atoms with Crippen molar-refractivity contribution in [1.82, 2.24) is 9.78 Å². The highest BCUT2D eigenvalue weighted by Crippen LogP contribution is 2.23. The maximum Gasteiger partial charge on any atom is 0.215 e. The molecule has 3 nitrogen and oxygen atoms in total. The molecule has 0 aliphatic heterocycles. The number of aromatic nitrogens is 2. The smallest absolute Gasteiger partial charge is 0.215 e. The second-order valence-electron chi connectivity index (χ2n) is 4.19. The van der Waals surface area contributed by atoms with E-state index in [1.54, 1.807) is 6.07 Å². The lowest BCUT2D eigenvalue weighted by atomic mass is 10.1. The van der Waals surface area contributed by atoms with Gasteiger partial charge in [-0.15, -0.1) is 0 Å². The minimum Gasteiger partial charge on any atom is -0.287 e. The molecule has 0 atom stereocenters. The lowest BCUT2D eigenvalue weighted by molar-refractivity contribution is 0.102. The van der Waals surface area contributed by atoms with Crippen molar-refractivity contribution in [3.05, 3.63) is 52.6 Å². The zero-order valence-electron chi connectivity index (χ0n) is 10.0. The van der Waals surface area contributed by atoms with Crippen molar-refractivity contribution < 1.29 is 9.18 Å². The van der Waals surface area contributed by atoms with Crippen molar-refractivity contribution >= 4 is 17.4 Å². The Morgan fingerprint density at radius 3 is 2.67 bits per heavy atom. The highest BCUT2D eigenvalue weighted by Gasteiger charge is 2.22. The van der Waals surface area contributed by atoms with E-state index in [0.717, 1.165) is 0 Å². The fourth-order valence-electron chi connectivity index (χ4n) is 1.72. The van der Waals surface area contributed by atoms with Crippen LogP contribution in [-0.4, -0.2) is 15.6 Å². The van der Waals surface area contributed by atoms with Crippen molar-refractivity contribution in [2.75, 3.05) is 0 Å². The first-order valence-corrected chi connectivity index (χ1v) is 5.92. The quantitative estimate of drug-likeness (QED) is 0.797. The van der Waals surface area contributed by atoms with Crippen LogP contribution in [0.2, 0.25) is 5.02 Å². The fraction of sp³-hybridized carbons (Fsp3) is 0.231. The predicted octanol–water partition coefficient (Wildman–Crippen LogP) is 3.49. The van der Waals surface area contributed by atoms with E-state index in [4.69, 9.17) is 11.6 Å². The van der Waals surface area contributed by atoms with Crippen molar-refractivity contribution in [3.63, 3.8) is 0 Å². The van der Waals surface area contributed by atoms with E-state index in [0.29, 0.717) is 0 Å². The Balaban J connectivity index is 2.53. The van der Waals surface area contributed by atoms with Gasteiger partial charge in [-0.25, -0.2) is 4.39 Å². The Bertz CT molecular complexity index is 592. The van der Waals surface area contributed by atoms with Gasteiger partial charge in [-0.2, -0.15) is 5.10 Å². The summed E-state index contributed by atoms with van der Waals surface area (Å²) in [6.45, 7) is 3.75. The van der Waals surface area contributed by atoms with Crippen molar-refractivity contribution in [2.24, 2.45) is 0 Å². The number of rotatable bonds is 3. The SMILES string of the molecule is CC(C)n1ncc(Cl)c1C(=O)c1ccccc1F. The van der Waals surface area contributed by atoms with Gasteiger partial charge >= 0.3 is 0 Å². The zero-order chi connectivity index (χ0) is 13.3. The monoisotopic (exact) mass is 266 g/mol. The maximum atomic E-state index is 13.6. The van der Waals surface area contributed by atoms with E-state index in [-0.39, 0.29) is 22.3 Å². The number of ketones is 1. The summed E-state index contributed by atoms with van der Waals surface area (Å²) >= 11 is 5.96. The topological polar surface area (TPSA) is 34.9 Å². The molecule has 1 aromatic heterocycles. The zero-order valence-corrected chi connectivity index (χ0v) is 10.8. The van der Waals surface area contributed by atoms with Crippen molar-refractivity contribution in [2.45, 2.75) is 19.9 Å². The summed E-state index contributed by atoms with van der Waals surface area (Å²) in [6, 6.07) is 5.81. The summed E-state index contributed by atoms with van der Waals surface area (Å²) < 4.78 is 15.1. The van der Waals surface area contributed by atoms with Crippen LogP contribution in [0.1, 0.15) is 35.9 Å². The first-order chi connectivity index (χ1) is 8.52. The van der Waals surface area contributed by atoms with E-state index in [2.05, 4.69) is 5.10 Å². The molecular formula is C13H12ClFN2O. The lowest BCUT2D eigenvalue weighted by Gasteiger charge is -2.10. The van der Waals surface area contributed by atoms with E-state index >= 15 is 0 Å². The van der Waals surface area contributed by atoms with Crippen LogP contribution in [0.4, 0.5) is 4.39 Å². The number of hydrogen-bond donors (Lipinski definition) is 0. The summed E-state index contributed by atoms with van der Waals surface area (Å²) in [4.78, 5) is 12.3. The number of hydrogen-bond acceptors (Lipinski definition) is 2. The minimum atomic E-state index is -0.560. The molecule has 0 aliphatic rings. The van der Waals surface area contributed by atoms with E-state index in [9.17, 15) is 9.18 Å². The molecule has 94 valence electrons. The first kappa shape index (κ1) is 12.8. The molecule has 5 heteroatoms. The van der Waals surface area contributed by atoms with Gasteiger partial charge in [-0.1, -0.05) is 23.7 Å². The fourth-order valence-corrected chi connectivity index (χ4v) is 1.93. The Labute approximate surface area is 109 Å². The molecule has 2 rings (SSSR count). The van der Waals surface area contributed by atoms with Crippen molar-refractivity contribution in [3.8, 4) is 0 Å². The molecule has 0 saturated heterocycles. The van der Waals surface area contributed by atoms with Gasteiger partial charge in [0.2, 0.25) is 5.78 Å². The Morgan fingerprint density at radius 1 is 1.39 bits per heavy atom. The molecule has 0 radical (unpaired) electrons. The third kappa shape index (κ3) is 2.16. The molecule has 18 heavy (non-hydrogen) atoms. The van der Waals surface area contributed by atoms with E-state index in [1.165, 1.54) is 29.1 Å². The van der Waals surface area contributed by atoms with Crippen LogP contribution in [0.15, 0.2) is 30.5 Å². The molecule has 1 heterocycles. The normalized spacial score (nSPS) is 10.9. The summed E-state index contributed by atoms with van der Waals surface area (Å²) in [5.74, 6) is -1.01. The molecule has 0 N–H and O–H groups in total. The number of carbonyl (C=O) groups excluding carboxylic acids is 1. The molecule has 0 saturated carbocycles. The van der Waals surface area contributed by atoms with Crippen LogP contribution in [0.3, 0.4) is 0 Å². The Hall–Kier alpha value is -1.68. The molecule has 0 spiro atoms. The van der Waals surface area contributed by atoms with Gasteiger partial charge in [0.1, 0.15) is 11.5 Å². The molecule has 2 aromatic rings. The second kappa shape index (κ2) is 4.90. The Kier molecular flexibility index (Phi) is 3.48. The molecule has 1 aromatic carbocycles. The van der Waals surface area contributed by atoms with Crippen LogP contribution in [-0.2, 0) is 0 Å². The van der Waals surface area contributed by atoms with Gasteiger partial charge in [0.05, 0.1) is 16.8 Å². The molecular weight excluding hydrogens is 255 g/mol. The average molecular weight is 267 g/mol. The third-order valence-electron chi connectivity index (χ3n) is 2.57.